The number of aryl methyl sites for hydroxylation is 2. The standard InChI is InChI=1S/C21H28N2O2S/c1-5-14-6-9-16(10-7-14)25-13-19(24)23-20-22-17-11-8-15(21(2,3)4)12-18(17)26-20/h6-7,9-10,15H,5,8,11-13H2,1-4H3,(H,22,23,24). The molecule has 0 spiro atoms. The van der Waals surface area contributed by atoms with Gasteiger partial charge in [-0.3, -0.25) is 10.1 Å². The molecule has 0 fully saturated rings. The summed E-state index contributed by atoms with van der Waals surface area (Å²) in [6, 6.07) is 7.85. The van der Waals surface area contributed by atoms with Crippen molar-refractivity contribution in [2.75, 3.05) is 11.9 Å². The molecule has 0 saturated carbocycles. The van der Waals surface area contributed by atoms with Crippen molar-refractivity contribution >= 4 is 22.4 Å². The molecule has 26 heavy (non-hydrogen) atoms. The van der Waals surface area contributed by atoms with Gasteiger partial charge in [0, 0.05) is 4.88 Å². The SMILES string of the molecule is CCc1ccc(OCC(=O)Nc2nc3c(s2)CC(C(C)(C)C)CC3)cc1. The van der Waals surface area contributed by atoms with Crippen molar-refractivity contribution in [3.05, 3.63) is 40.4 Å². The highest BCUT2D eigenvalue weighted by molar-refractivity contribution is 7.15. The lowest BCUT2D eigenvalue weighted by Gasteiger charge is -2.33. The van der Waals surface area contributed by atoms with Crippen LogP contribution in [-0.2, 0) is 24.1 Å². The maximum Gasteiger partial charge on any atom is 0.264 e. The molecule has 1 unspecified atom stereocenters. The fourth-order valence-electron chi connectivity index (χ4n) is 3.29. The third-order valence-corrected chi connectivity index (χ3v) is 6.15. The van der Waals surface area contributed by atoms with Gasteiger partial charge in [-0.15, -0.1) is 11.3 Å². The van der Waals surface area contributed by atoms with Crippen LogP contribution in [0.3, 0.4) is 0 Å². The Labute approximate surface area is 160 Å². The Morgan fingerprint density at radius 1 is 1.31 bits per heavy atom. The highest BCUT2D eigenvalue weighted by Crippen LogP contribution is 2.40. The zero-order chi connectivity index (χ0) is 18.7. The number of amides is 1. The average molecular weight is 373 g/mol. The first-order chi connectivity index (χ1) is 12.3. The first kappa shape index (κ1) is 18.9. The van der Waals surface area contributed by atoms with Crippen LogP contribution in [0.25, 0.3) is 0 Å². The Bertz CT molecular complexity index is 759. The number of hydrogen-bond acceptors (Lipinski definition) is 4. The number of hydrogen-bond donors (Lipinski definition) is 1. The maximum atomic E-state index is 12.2. The average Bonchev–Trinajstić information content (AvgIpc) is 3.01. The number of nitrogens with zero attached hydrogens (tertiary/aromatic N) is 1. The van der Waals surface area contributed by atoms with Crippen molar-refractivity contribution in [2.45, 2.75) is 53.4 Å². The predicted molar refractivity (Wildman–Crippen MR) is 107 cm³/mol. The monoisotopic (exact) mass is 372 g/mol. The third-order valence-electron chi connectivity index (χ3n) is 5.11. The van der Waals surface area contributed by atoms with E-state index < -0.39 is 0 Å². The Morgan fingerprint density at radius 2 is 2.04 bits per heavy atom. The fourth-order valence-corrected chi connectivity index (χ4v) is 4.40. The molecule has 0 bridgehead atoms. The number of carbonyl (C=O) groups is 1. The normalized spacial score (nSPS) is 16.8. The summed E-state index contributed by atoms with van der Waals surface area (Å²) in [5.41, 5.74) is 2.72. The van der Waals surface area contributed by atoms with Crippen LogP contribution in [0.4, 0.5) is 5.13 Å². The summed E-state index contributed by atoms with van der Waals surface area (Å²) in [5, 5.41) is 3.58. The smallest absolute Gasteiger partial charge is 0.264 e. The molecular weight excluding hydrogens is 344 g/mol. The summed E-state index contributed by atoms with van der Waals surface area (Å²) < 4.78 is 5.57. The zero-order valence-electron chi connectivity index (χ0n) is 16.1. The van der Waals surface area contributed by atoms with Gasteiger partial charge in [-0.25, -0.2) is 4.98 Å². The second-order valence-corrected chi connectivity index (χ2v) is 9.11. The van der Waals surface area contributed by atoms with Crippen LogP contribution in [-0.4, -0.2) is 17.5 Å². The van der Waals surface area contributed by atoms with Crippen LogP contribution < -0.4 is 10.1 Å². The Balaban J connectivity index is 1.54. The number of anilines is 1. The van der Waals surface area contributed by atoms with E-state index in [-0.39, 0.29) is 12.5 Å². The summed E-state index contributed by atoms with van der Waals surface area (Å²) in [6.45, 7) is 9.02. The molecule has 1 aromatic carbocycles. The van der Waals surface area contributed by atoms with E-state index in [4.69, 9.17) is 4.74 Å². The van der Waals surface area contributed by atoms with E-state index in [0.717, 1.165) is 25.0 Å². The van der Waals surface area contributed by atoms with Crippen molar-refractivity contribution in [3.8, 4) is 5.75 Å². The minimum absolute atomic E-state index is 0.000332. The minimum Gasteiger partial charge on any atom is -0.484 e. The molecule has 1 N–H and O–H groups in total. The van der Waals surface area contributed by atoms with Crippen LogP contribution >= 0.6 is 11.3 Å². The van der Waals surface area contributed by atoms with Gasteiger partial charge in [0.05, 0.1) is 5.69 Å². The van der Waals surface area contributed by atoms with Gasteiger partial charge in [0.25, 0.3) is 5.91 Å². The first-order valence-electron chi connectivity index (χ1n) is 9.35. The van der Waals surface area contributed by atoms with Gasteiger partial charge in [-0.2, -0.15) is 0 Å². The molecule has 1 aliphatic carbocycles. The molecule has 1 aliphatic rings. The van der Waals surface area contributed by atoms with Gasteiger partial charge >= 0.3 is 0 Å². The van der Waals surface area contributed by atoms with Crippen molar-refractivity contribution in [2.24, 2.45) is 11.3 Å². The molecule has 140 valence electrons. The van der Waals surface area contributed by atoms with Crippen molar-refractivity contribution in [1.82, 2.24) is 4.98 Å². The molecule has 5 heteroatoms. The van der Waals surface area contributed by atoms with E-state index in [2.05, 4.69) is 38.0 Å². The highest BCUT2D eigenvalue weighted by atomic mass is 32.1. The Hall–Kier alpha value is -1.88. The lowest BCUT2D eigenvalue weighted by atomic mass is 9.73. The molecular formula is C21H28N2O2S. The van der Waals surface area contributed by atoms with E-state index >= 15 is 0 Å². The van der Waals surface area contributed by atoms with Crippen LogP contribution in [0.15, 0.2) is 24.3 Å². The van der Waals surface area contributed by atoms with Gasteiger partial charge in [0.15, 0.2) is 11.7 Å². The van der Waals surface area contributed by atoms with Crippen LogP contribution in [0, 0.1) is 11.3 Å². The molecule has 1 heterocycles. The van der Waals surface area contributed by atoms with E-state index in [1.807, 2.05) is 24.3 Å². The summed E-state index contributed by atoms with van der Waals surface area (Å²) in [7, 11) is 0. The first-order valence-corrected chi connectivity index (χ1v) is 10.2. The van der Waals surface area contributed by atoms with Crippen LogP contribution in [0.2, 0.25) is 0 Å². The Morgan fingerprint density at radius 3 is 2.69 bits per heavy atom. The van der Waals surface area contributed by atoms with Gasteiger partial charge < -0.3 is 4.74 Å². The number of nitrogens with one attached hydrogen (secondary N) is 1. The number of ether oxygens (including phenoxy) is 1. The van der Waals surface area contributed by atoms with E-state index in [1.165, 1.54) is 16.9 Å². The summed E-state index contributed by atoms with van der Waals surface area (Å²) in [5.74, 6) is 1.22. The van der Waals surface area contributed by atoms with E-state index in [1.54, 1.807) is 11.3 Å². The number of thiazole rings is 1. The molecule has 1 aromatic heterocycles. The fraction of sp³-hybridized carbons (Fsp3) is 0.524. The summed E-state index contributed by atoms with van der Waals surface area (Å²) in [6.07, 6.45) is 4.23. The van der Waals surface area contributed by atoms with Crippen molar-refractivity contribution < 1.29 is 9.53 Å². The molecule has 0 radical (unpaired) electrons. The summed E-state index contributed by atoms with van der Waals surface area (Å²) in [4.78, 5) is 18.1. The number of benzene rings is 1. The molecule has 1 amide bonds. The third kappa shape index (κ3) is 4.64. The van der Waals surface area contributed by atoms with Gasteiger partial charge in [0.1, 0.15) is 5.75 Å². The number of aromatic nitrogens is 1. The maximum absolute atomic E-state index is 12.2. The zero-order valence-corrected chi connectivity index (χ0v) is 16.9. The highest BCUT2D eigenvalue weighted by Gasteiger charge is 2.30. The van der Waals surface area contributed by atoms with Gasteiger partial charge in [0.2, 0.25) is 0 Å². The van der Waals surface area contributed by atoms with Crippen molar-refractivity contribution in [1.29, 1.82) is 0 Å². The second kappa shape index (κ2) is 7.78. The molecule has 2 aromatic rings. The summed E-state index contributed by atoms with van der Waals surface area (Å²) >= 11 is 1.61. The van der Waals surface area contributed by atoms with E-state index in [0.29, 0.717) is 22.2 Å². The largest absolute Gasteiger partial charge is 0.484 e. The molecule has 3 rings (SSSR count). The van der Waals surface area contributed by atoms with E-state index in [9.17, 15) is 4.79 Å². The van der Waals surface area contributed by atoms with Crippen LogP contribution in [0.5, 0.6) is 5.75 Å². The Kier molecular flexibility index (Phi) is 5.66. The minimum atomic E-state index is -0.164. The number of carbonyl (C=O) groups excluding carboxylic acids is 1. The molecule has 1 atom stereocenters. The number of fused-ring (bicyclic) bond motifs is 1. The predicted octanol–water partition coefficient (Wildman–Crippen LogP) is 4.87. The van der Waals surface area contributed by atoms with Gasteiger partial charge in [-0.05, 0) is 54.7 Å². The second-order valence-electron chi connectivity index (χ2n) is 8.03. The lowest BCUT2D eigenvalue weighted by Crippen LogP contribution is -2.26. The molecule has 4 nitrogen and oxygen atoms in total. The topological polar surface area (TPSA) is 51.2 Å². The molecule has 0 saturated heterocycles. The molecule has 0 aliphatic heterocycles. The lowest BCUT2D eigenvalue weighted by molar-refractivity contribution is -0.118. The number of rotatable bonds is 5. The quantitative estimate of drug-likeness (QED) is 0.814. The van der Waals surface area contributed by atoms with Gasteiger partial charge in [-0.1, -0.05) is 39.8 Å². The van der Waals surface area contributed by atoms with Crippen LogP contribution in [0.1, 0.15) is 50.3 Å². The van der Waals surface area contributed by atoms with Crippen molar-refractivity contribution in [3.63, 3.8) is 0 Å².